The Morgan fingerprint density at radius 3 is 1.47 bits per heavy atom. The molecule has 414 valence electrons. The molecule has 5 heteroatoms. The summed E-state index contributed by atoms with van der Waals surface area (Å²) in [6.45, 7) is 0. The fraction of sp³-hybridized carbons (Fsp3) is 0. The maximum absolute atomic E-state index is 5.08. The van der Waals surface area contributed by atoms with E-state index in [1.165, 1.54) is 137 Å². The van der Waals surface area contributed by atoms with E-state index < -0.39 is 0 Å². The van der Waals surface area contributed by atoms with Gasteiger partial charge in [0.25, 0.3) is 0 Å². The molecule has 4 aromatic heterocycles. The van der Waals surface area contributed by atoms with Crippen LogP contribution >= 0.6 is 0 Å². The molecule has 2 aliphatic carbocycles. The van der Waals surface area contributed by atoms with Gasteiger partial charge in [-0.2, -0.15) is 0 Å². The van der Waals surface area contributed by atoms with Crippen LogP contribution in [0.15, 0.2) is 298 Å². The molecule has 0 fully saturated rings. The third kappa shape index (κ3) is 7.73. The Kier molecular flexibility index (Phi) is 11.0. The fourth-order valence-corrected chi connectivity index (χ4v) is 14.8. The van der Waals surface area contributed by atoms with Crippen molar-refractivity contribution in [3.8, 4) is 101 Å². The summed E-state index contributed by atoms with van der Waals surface area (Å²) >= 11 is 0. The van der Waals surface area contributed by atoms with E-state index in [0.717, 1.165) is 55.3 Å². The van der Waals surface area contributed by atoms with Gasteiger partial charge in [0, 0.05) is 52.3 Å². The zero-order chi connectivity index (χ0) is 59.0. The van der Waals surface area contributed by atoms with Crippen molar-refractivity contribution in [2.45, 2.75) is 0 Å². The van der Waals surface area contributed by atoms with Gasteiger partial charge in [-0.3, -0.25) is 9.97 Å². The van der Waals surface area contributed by atoms with Crippen LogP contribution in [0.2, 0.25) is 0 Å². The van der Waals surface area contributed by atoms with E-state index in [2.05, 4.69) is 260 Å². The largest absolute Gasteiger partial charge is 0.263 e. The van der Waals surface area contributed by atoms with Gasteiger partial charge in [-0.05, 0) is 191 Å². The molecule has 0 saturated carbocycles. The quantitative estimate of drug-likeness (QED) is 0.161. The number of nitrogens with zero attached hydrogens (tertiary/aromatic N) is 5. The second-order valence-electron chi connectivity index (χ2n) is 23.8. The highest BCUT2D eigenvalue weighted by atomic mass is 14.9. The maximum Gasteiger partial charge on any atom is 0.160 e. The average Bonchev–Trinajstić information content (AvgIpc) is 1.56. The van der Waals surface area contributed by atoms with Gasteiger partial charge in [0.1, 0.15) is 0 Å². The maximum atomic E-state index is 5.08. The van der Waals surface area contributed by atoms with E-state index in [4.69, 9.17) is 19.9 Å². The van der Waals surface area contributed by atoms with Crippen LogP contribution in [-0.4, -0.2) is 24.9 Å². The SMILES string of the molecule is c1ccc2cc(-c3ccc4cc(-c5cncc(-c6ccc7c8c(cccc68)-c6c-7ccc7ccccc67)c5)ccc4c3)ccc2c1.c1cnc2c(c1)ccc1ccc(-c3ccnc(-c4ccc5c6c(cccc46)-c4c-5c5ccccc5c5ccccc45)n3)nc12. The minimum absolute atomic E-state index is 0.690. The molecule has 18 aromatic rings. The topological polar surface area (TPSA) is 64.5 Å². The molecule has 0 aliphatic heterocycles. The van der Waals surface area contributed by atoms with Crippen LogP contribution in [-0.2, 0) is 0 Å². The predicted octanol–water partition coefficient (Wildman–Crippen LogP) is 22.4. The molecular formula is C85H49N5. The number of fused-ring (bicyclic) bond motifs is 18. The van der Waals surface area contributed by atoms with Crippen LogP contribution in [0.25, 0.3) is 198 Å². The van der Waals surface area contributed by atoms with Gasteiger partial charge < -0.3 is 0 Å². The van der Waals surface area contributed by atoms with Crippen molar-refractivity contribution in [1.82, 2.24) is 24.9 Å². The molecule has 0 spiro atoms. The number of benzene rings is 14. The molecule has 5 nitrogen and oxygen atoms in total. The minimum Gasteiger partial charge on any atom is -0.263 e. The lowest BCUT2D eigenvalue weighted by atomic mass is 9.90. The van der Waals surface area contributed by atoms with Gasteiger partial charge in [0.05, 0.1) is 22.4 Å². The van der Waals surface area contributed by atoms with Crippen LogP contribution in [0.4, 0.5) is 0 Å². The third-order valence-electron chi connectivity index (χ3n) is 18.9. The Hall–Kier alpha value is -12.1. The summed E-state index contributed by atoms with van der Waals surface area (Å²) in [6, 6.07) is 98.6. The van der Waals surface area contributed by atoms with Crippen LogP contribution in [0.5, 0.6) is 0 Å². The Labute approximate surface area is 517 Å². The lowest BCUT2D eigenvalue weighted by molar-refractivity contribution is 1.17. The first-order valence-electron chi connectivity index (χ1n) is 30.7. The summed E-state index contributed by atoms with van der Waals surface area (Å²) in [6.07, 6.45) is 7.64. The minimum atomic E-state index is 0.690. The van der Waals surface area contributed by atoms with E-state index in [1.54, 1.807) is 0 Å². The summed E-state index contributed by atoms with van der Waals surface area (Å²) in [4.78, 5) is 24.3. The van der Waals surface area contributed by atoms with Crippen LogP contribution < -0.4 is 0 Å². The van der Waals surface area contributed by atoms with Crippen LogP contribution in [0.3, 0.4) is 0 Å². The summed E-state index contributed by atoms with van der Waals surface area (Å²) in [5.74, 6) is 0.690. The molecule has 0 amide bonds. The number of rotatable bonds is 5. The zero-order valence-electron chi connectivity index (χ0n) is 48.5. The van der Waals surface area contributed by atoms with Crippen molar-refractivity contribution < 1.29 is 0 Å². The Morgan fingerprint density at radius 1 is 0.222 bits per heavy atom. The van der Waals surface area contributed by atoms with E-state index >= 15 is 0 Å². The second-order valence-corrected chi connectivity index (χ2v) is 23.8. The lowest BCUT2D eigenvalue weighted by Crippen LogP contribution is -1.95. The van der Waals surface area contributed by atoms with Crippen molar-refractivity contribution >= 4 is 97.2 Å². The Morgan fingerprint density at radius 2 is 0.711 bits per heavy atom. The molecular weight excluding hydrogens is 1090 g/mol. The van der Waals surface area contributed by atoms with E-state index in [0.29, 0.717) is 5.82 Å². The van der Waals surface area contributed by atoms with Gasteiger partial charge in [-0.15, -0.1) is 0 Å². The molecule has 0 atom stereocenters. The smallest absolute Gasteiger partial charge is 0.160 e. The van der Waals surface area contributed by atoms with Gasteiger partial charge >= 0.3 is 0 Å². The molecule has 2 aliphatic rings. The molecule has 90 heavy (non-hydrogen) atoms. The first kappa shape index (κ1) is 50.1. The molecule has 0 radical (unpaired) electrons. The molecule has 0 N–H and O–H groups in total. The number of pyridine rings is 3. The second kappa shape index (κ2) is 19.7. The molecule has 4 heterocycles. The molecule has 14 aromatic carbocycles. The van der Waals surface area contributed by atoms with Gasteiger partial charge in [-0.1, -0.05) is 224 Å². The first-order chi connectivity index (χ1) is 44.6. The highest BCUT2D eigenvalue weighted by Gasteiger charge is 2.29. The summed E-state index contributed by atoms with van der Waals surface area (Å²) in [5, 5.41) is 19.9. The van der Waals surface area contributed by atoms with Gasteiger partial charge in [0.15, 0.2) is 5.82 Å². The monoisotopic (exact) mass is 1140 g/mol. The number of aromatic nitrogens is 5. The van der Waals surface area contributed by atoms with Crippen molar-refractivity contribution in [1.29, 1.82) is 0 Å². The molecule has 0 bridgehead atoms. The molecule has 0 saturated heterocycles. The summed E-state index contributed by atoms with van der Waals surface area (Å²) in [7, 11) is 0. The predicted molar refractivity (Wildman–Crippen MR) is 375 cm³/mol. The number of hydrogen-bond donors (Lipinski definition) is 0. The van der Waals surface area contributed by atoms with E-state index in [1.807, 2.05) is 43.0 Å². The molecule has 0 unspecified atom stereocenters. The lowest BCUT2D eigenvalue weighted by Gasteiger charge is -2.13. The standard InChI is InChI=1S/C45H27N.C40H22N4/c1-2-8-30-22-31(13-12-28(30)6-1)32-14-15-34-24-35(17-16-33(34)23-32)36-25-37(27-46-26-36)38-20-21-42-41-19-18-29-7-3-4-9-39(29)44(41)43-11-5-10-40(38)45(42)43;1-3-10-27-25(8-1)26-9-2-4-11-28(26)37-32-18-17-30(29-12-5-13-31(35(29)32)36(27)37)40-42-22-20-34(44-40)33-19-16-24-15-14-23-7-6-21-41-38(23)39(24)43-33/h1-27H;1-22H. The van der Waals surface area contributed by atoms with E-state index in [-0.39, 0.29) is 0 Å². The zero-order valence-corrected chi connectivity index (χ0v) is 48.5. The molecule has 20 rings (SSSR count). The Bertz CT molecular complexity index is 6050. The summed E-state index contributed by atoms with van der Waals surface area (Å²) in [5.41, 5.74) is 22.0. The highest BCUT2D eigenvalue weighted by Crippen LogP contribution is 2.55. The van der Waals surface area contributed by atoms with Crippen LogP contribution in [0, 0.1) is 0 Å². The summed E-state index contributed by atoms with van der Waals surface area (Å²) < 4.78 is 0. The average molecular weight is 1140 g/mol. The highest BCUT2D eigenvalue weighted by molar-refractivity contribution is 6.31. The number of hydrogen-bond acceptors (Lipinski definition) is 5. The van der Waals surface area contributed by atoms with Gasteiger partial charge in [-0.25, -0.2) is 15.0 Å². The van der Waals surface area contributed by atoms with Gasteiger partial charge in [0.2, 0.25) is 0 Å². The fourth-order valence-electron chi connectivity index (χ4n) is 14.8. The first-order valence-corrected chi connectivity index (χ1v) is 30.7. The Balaban J connectivity index is 0.000000130. The van der Waals surface area contributed by atoms with Crippen molar-refractivity contribution in [3.63, 3.8) is 0 Å². The van der Waals surface area contributed by atoms with Crippen LogP contribution in [0.1, 0.15) is 0 Å². The van der Waals surface area contributed by atoms with Crippen molar-refractivity contribution in [3.05, 3.63) is 298 Å². The third-order valence-corrected chi connectivity index (χ3v) is 18.9. The van der Waals surface area contributed by atoms with E-state index in [9.17, 15) is 0 Å². The van der Waals surface area contributed by atoms with Crippen molar-refractivity contribution in [2.24, 2.45) is 0 Å². The normalized spacial score (nSPS) is 12.0. The van der Waals surface area contributed by atoms with Crippen molar-refractivity contribution in [2.75, 3.05) is 0 Å².